The molecule has 1 rings (SSSR count). The molecule has 0 heterocycles. The number of nitrogens with two attached hydrogens (primary N) is 1. The molecule has 0 bridgehead atoms. The van der Waals surface area contributed by atoms with Crippen molar-refractivity contribution in [1.82, 2.24) is 0 Å². The third-order valence-corrected chi connectivity index (χ3v) is 2.20. The van der Waals surface area contributed by atoms with Gasteiger partial charge >= 0.3 is 0 Å². The summed E-state index contributed by atoms with van der Waals surface area (Å²) in [5, 5.41) is 0. The summed E-state index contributed by atoms with van der Waals surface area (Å²) in [4.78, 5) is 4.13. The Bertz CT molecular complexity index is 369. The molecule has 0 aliphatic heterocycles. The first-order chi connectivity index (χ1) is 8.26. The molecular weight excluding hydrogens is 240 g/mol. The van der Waals surface area contributed by atoms with Crippen LogP contribution in [0.2, 0.25) is 0 Å². The first-order valence-corrected chi connectivity index (χ1v) is 5.99. The maximum atomic E-state index is 5.56. The Balaban J connectivity index is 2.54. The molecule has 17 heavy (non-hydrogen) atoms. The van der Waals surface area contributed by atoms with Crippen molar-refractivity contribution in [2.75, 3.05) is 25.7 Å². The number of ether oxygens (including phenoxy) is 2. The number of alkyl halides is 1. The predicted molar refractivity (Wildman–Crippen MR) is 70.4 cm³/mol. The minimum absolute atomic E-state index is 0.218. The van der Waals surface area contributed by atoms with Crippen molar-refractivity contribution in [3.63, 3.8) is 0 Å². The van der Waals surface area contributed by atoms with Gasteiger partial charge in [0.15, 0.2) is 0 Å². The molecule has 0 saturated heterocycles. The highest BCUT2D eigenvalue weighted by atomic mass is 35.5. The first-order valence-electron chi connectivity index (χ1n) is 5.46. The lowest BCUT2D eigenvalue weighted by Gasteiger charge is -2.06. The zero-order valence-electron chi connectivity index (χ0n) is 9.86. The van der Waals surface area contributed by atoms with Crippen molar-refractivity contribution < 1.29 is 9.47 Å². The molecule has 1 aromatic rings. The van der Waals surface area contributed by atoms with E-state index in [4.69, 9.17) is 26.8 Å². The Kier molecular flexibility index (Phi) is 6.43. The van der Waals surface area contributed by atoms with E-state index in [9.17, 15) is 0 Å². The molecule has 0 aliphatic rings. The molecule has 0 unspecified atom stereocenters. The van der Waals surface area contributed by atoms with Gasteiger partial charge in [-0.25, -0.2) is 4.99 Å². The second-order valence-corrected chi connectivity index (χ2v) is 3.55. The number of halogens is 1. The van der Waals surface area contributed by atoms with Crippen LogP contribution in [-0.4, -0.2) is 31.5 Å². The summed E-state index contributed by atoms with van der Waals surface area (Å²) in [5.74, 6) is 1.35. The van der Waals surface area contributed by atoms with E-state index in [1.165, 1.54) is 0 Å². The van der Waals surface area contributed by atoms with E-state index >= 15 is 0 Å². The number of nitrogens with zero attached hydrogens (tertiary/aromatic N) is 1. The first kappa shape index (κ1) is 13.8. The molecule has 2 N–H and O–H groups in total. The molecule has 94 valence electrons. The average Bonchev–Trinajstić information content (AvgIpc) is 2.35. The third kappa shape index (κ3) is 5.56. The molecule has 0 radical (unpaired) electrons. The fourth-order valence-corrected chi connectivity index (χ4v) is 1.26. The summed E-state index contributed by atoms with van der Waals surface area (Å²) in [5.41, 5.74) is 6.29. The van der Waals surface area contributed by atoms with Crippen molar-refractivity contribution in [2.24, 2.45) is 10.7 Å². The molecule has 1 aromatic carbocycles. The fraction of sp³-hybridized carbons (Fsp3) is 0.417. The number of benzene rings is 1. The minimum Gasteiger partial charge on any atom is -0.491 e. The van der Waals surface area contributed by atoms with Crippen LogP contribution in [0.3, 0.4) is 0 Å². The van der Waals surface area contributed by atoms with Crippen LogP contribution < -0.4 is 10.5 Å². The highest BCUT2D eigenvalue weighted by Crippen LogP contribution is 2.19. The third-order valence-electron chi connectivity index (χ3n) is 1.93. The molecule has 0 saturated carbocycles. The van der Waals surface area contributed by atoms with Gasteiger partial charge in [0.2, 0.25) is 0 Å². The van der Waals surface area contributed by atoms with Crippen LogP contribution in [-0.2, 0) is 4.74 Å². The summed E-state index contributed by atoms with van der Waals surface area (Å²) >= 11 is 5.56. The van der Waals surface area contributed by atoms with Crippen molar-refractivity contribution in [2.45, 2.75) is 6.92 Å². The average molecular weight is 257 g/mol. The maximum absolute atomic E-state index is 5.56. The summed E-state index contributed by atoms with van der Waals surface area (Å²) in [6.07, 6.45) is 0. The highest BCUT2D eigenvalue weighted by molar-refractivity contribution is 6.28. The zero-order valence-corrected chi connectivity index (χ0v) is 10.6. The topological polar surface area (TPSA) is 56.8 Å². The van der Waals surface area contributed by atoms with E-state index < -0.39 is 0 Å². The zero-order chi connectivity index (χ0) is 12.5. The molecule has 4 nitrogen and oxygen atoms in total. The number of aliphatic imine (C=N–C) groups is 1. The van der Waals surface area contributed by atoms with Crippen molar-refractivity contribution in [1.29, 1.82) is 0 Å². The molecule has 5 heteroatoms. The Morgan fingerprint density at radius 1 is 1.41 bits per heavy atom. The van der Waals surface area contributed by atoms with E-state index in [2.05, 4.69) is 4.99 Å². The number of hydrogen-bond acceptors (Lipinski definition) is 3. The smallest absolute Gasteiger partial charge is 0.121 e. The molecular formula is C12H17ClN2O2. The van der Waals surface area contributed by atoms with E-state index in [1.54, 1.807) is 0 Å². The minimum atomic E-state index is 0.218. The number of amidine groups is 1. The van der Waals surface area contributed by atoms with Crippen LogP contribution in [0.5, 0.6) is 5.75 Å². The van der Waals surface area contributed by atoms with Gasteiger partial charge in [-0.3, -0.25) is 0 Å². The lowest BCUT2D eigenvalue weighted by atomic mass is 10.3. The van der Waals surface area contributed by atoms with Crippen molar-refractivity contribution >= 4 is 23.1 Å². The quantitative estimate of drug-likeness (QED) is 0.353. The second kappa shape index (κ2) is 7.92. The van der Waals surface area contributed by atoms with Crippen LogP contribution >= 0.6 is 11.6 Å². The van der Waals surface area contributed by atoms with E-state index in [0.29, 0.717) is 25.7 Å². The molecule has 0 spiro atoms. The van der Waals surface area contributed by atoms with E-state index in [0.717, 1.165) is 11.4 Å². The van der Waals surface area contributed by atoms with Crippen molar-refractivity contribution in [3.05, 3.63) is 24.3 Å². The summed E-state index contributed by atoms with van der Waals surface area (Å²) in [6, 6.07) is 7.37. The Morgan fingerprint density at radius 3 is 2.94 bits per heavy atom. The normalized spacial score (nSPS) is 11.5. The predicted octanol–water partition coefficient (Wildman–Crippen LogP) is 2.33. The van der Waals surface area contributed by atoms with Gasteiger partial charge in [0.1, 0.15) is 18.2 Å². The summed E-state index contributed by atoms with van der Waals surface area (Å²) in [6.45, 7) is 3.74. The molecule has 0 aromatic heterocycles. The van der Waals surface area contributed by atoms with Gasteiger partial charge in [0.25, 0.3) is 0 Å². The second-order valence-electron chi connectivity index (χ2n) is 3.28. The van der Waals surface area contributed by atoms with Gasteiger partial charge in [-0.1, -0.05) is 6.07 Å². The Labute approximate surface area is 106 Å². The van der Waals surface area contributed by atoms with Crippen LogP contribution in [0.1, 0.15) is 6.92 Å². The molecule has 0 aliphatic carbocycles. The maximum Gasteiger partial charge on any atom is 0.121 e. The summed E-state index contributed by atoms with van der Waals surface area (Å²) < 4.78 is 10.7. The lowest BCUT2D eigenvalue weighted by molar-refractivity contribution is 0.110. The largest absolute Gasteiger partial charge is 0.491 e. The van der Waals surface area contributed by atoms with Gasteiger partial charge in [-0.05, 0) is 19.1 Å². The van der Waals surface area contributed by atoms with Crippen LogP contribution in [0.4, 0.5) is 5.69 Å². The lowest BCUT2D eigenvalue weighted by Crippen LogP contribution is -2.12. The molecule has 0 fully saturated rings. The Hall–Kier alpha value is -1.26. The van der Waals surface area contributed by atoms with Crippen LogP contribution in [0.25, 0.3) is 0 Å². The Morgan fingerprint density at radius 2 is 2.24 bits per heavy atom. The SMILES string of the molecule is CCOCCOc1cccc(N=C(N)CCl)c1. The van der Waals surface area contributed by atoms with Gasteiger partial charge < -0.3 is 15.2 Å². The van der Waals surface area contributed by atoms with Crippen LogP contribution in [0, 0.1) is 0 Å². The van der Waals surface area contributed by atoms with Gasteiger partial charge in [0.05, 0.1) is 18.2 Å². The van der Waals surface area contributed by atoms with Gasteiger partial charge in [-0.2, -0.15) is 0 Å². The monoisotopic (exact) mass is 256 g/mol. The standard InChI is InChI=1S/C12H17ClN2O2/c1-2-16-6-7-17-11-5-3-4-10(8-11)15-12(14)9-13/h3-5,8H,2,6-7,9H2,1H3,(H2,14,15). The number of hydrogen-bond donors (Lipinski definition) is 1. The highest BCUT2D eigenvalue weighted by Gasteiger charge is 1.97. The number of rotatable bonds is 7. The van der Waals surface area contributed by atoms with Crippen molar-refractivity contribution in [3.8, 4) is 5.75 Å². The van der Waals surface area contributed by atoms with E-state index in [-0.39, 0.29) is 5.88 Å². The van der Waals surface area contributed by atoms with Crippen LogP contribution in [0.15, 0.2) is 29.3 Å². The molecule has 0 atom stereocenters. The van der Waals surface area contributed by atoms with Gasteiger partial charge in [-0.15, -0.1) is 11.6 Å². The summed E-state index contributed by atoms with van der Waals surface area (Å²) in [7, 11) is 0. The molecule has 0 amide bonds. The van der Waals surface area contributed by atoms with Gasteiger partial charge in [0, 0.05) is 12.7 Å². The fourth-order valence-electron chi connectivity index (χ4n) is 1.20. The van der Waals surface area contributed by atoms with E-state index in [1.807, 2.05) is 31.2 Å².